The Labute approximate surface area is 169 Å². The van der Waals surface area contributed by atoms with Crippen LogP contribution >= 0.6 is 23.2 Å². The molecule has 2 aromatic heterocycles. The SMILES string of the molecule is CCNC(=O)c1cc(Cl)c(C(=O)n2ccc3c(NC(=O)O)nccc32)c(Cl)c1. The van der Waals surface area contributed by atoms with Crippen molar-refractivity contribution < 1.29 is 19.5 Å². The molecule has 0 unspecified atom stereocenters. The zero-order chi connectivity index (χ0) is 20.4. The fourth-order valence-corrected chi connectivity index (χ4v) is 3.39. The van der Waals surface area contributed by atoms with Crippen LogP contribution in [0.4, 0.5) is 10.6 Å². The van der Waals surface area contributed by atoms with Gasteiger partial charge in [-0.15, -0.1) is 0 Å². The van der Waals surface area contributed by atoms with Gasteiger partial charge in [0.15, 0.2) is 0 Å². The Kier molecular flexibility index (Phi) is 5.53. The molecular formula is C18H14Cl2N4O4. The molecule has 10 heteroatoms. The molecule has 2 amide bonds. The molecule has 0 saturated heterocycles. The first kappa shape index (κ1) is 19.7. The average molecular weight is 421 g/mol. The molecule has 0 bridgehead atoms. The summed E-state index contributed by atoms with van der Waals surface area (Å²) in [6.07, 6.45) is 1.57. The van der Waals surface area contributed by atoms with Crippen molar-refractivity contribution >= 4 is 57.8 Å². The van der Waals surface area contributed by atoms with Gasteiger partial charge in [-0.3, -0.25) is 19.5 Å². The van der Waals surface area contributed by atoms with Gasteiger partial charge >= 0.3 is 6.09 Å². The van der Waals surface area contributed by atoms with Gasteiger partial charge in [-0.05, 0) is 31.2 Å². The van der Waals surface area contributed by atoms with Gasteiger partial charge in [0, 0.05) is 29.9 Å². The smallest absolute Gasteiger partial charge is 0.410 e. The van der Waals surface area contributed by atoms with Gasteiger partial charge in [0.2, 0.25) is 0 Å². The Hall–Kier alpha value is -3.10. The maximum atomic E-state index is 13.0. The number of hydrogen-bond acceptors (Lipinski definition) is 4. The lowest BCUT2D eigenvalue weighted by Crippen LogP contribution is -2.23. The second-order valence-electron chi connectivity index (χ2n) is 5.69. The number of nitrogens with one attached hydrogen (secondary N) is 2. The van der Waals surface area contributed by atoms with E-state index in [2.05, 4.69) is 15.6 Å². The number of nitrogens with zero attached hydrogens (tertiary/aromatic N) is 2. The van der Waals surface area contributed by atoms with Gasteiger partial charge in [-0.1, -0.05) is 23.2 Å². The summed E-state index contributed by atoms with van der Waals surface area (Å²) in [6.45, 7) is 2.21. The van der Waals surface area contributed by atoms with Crippen LogP contribution in [0.25, 0.3) is 10.9 Å². The number of hydrogen-bond donors (Lipinski definition) is 3. The second-order valence-corrected chi connectivity index (χ2v) is 6.50. The molecule has 0 aliphatic rings. The van der Waals surface area contributed by atoms with Crippen molar-refractivity contribution in [3.8, 4) is 0 Å². The van der Waals surface area contributed by atoms with Gasteiger partial charge in [0.25, 0.3) is 11.8 Å². The van der Waals surface area contributed by atoms with Crippen LogP contribution in [0.2, 0.25) is 10.0 Å². The van der Waals surface area contributed by atoms with Crippen LogP contribution in [0, 0.1) is 0 Å². The zero-order valence-corrected chi connectivity index (χ0v) is 16.0. The van der Waals surface area contributed by atoms with Gasteiger partial charge in [-0.2, -0.15) is 0 Å². The summed E-state index contributed by atoms with van der Waals surface area (Å²) in [6, 6.07) is 5.86. The molecule has 3 rings (SSSR count). The molecule has 3 aromatic rings. The van der Waals surface area contributed by atoms with E-state index in [1.165, 1.54) is 29.1 Å². The molecule has 3 N–H and O–H groups in total. The first-order chi connectivity index (χ1) is 13.3. The Bertz CT molecular complexity index is 1090. The number of carbonyl (C=O) groups excluding carboxylic acids is 2. The van der Waals surface area contributed by atoms with Gasteiger partial charge < -0.3 is 10.4 Å². The van der Waals surface area contributed by atoms with Crippen molar-refractivity contribution in [3.63, 3.8) is 0 Å². The monoisotopic (exact) mass is 420 g/mol. The third-order valence-electron chi connectivity index (χ3n) is 3.92. The predicted molar refractivity (Wildman–Crippen MR) is 106 cm³/mol. The molecular weight excluding hydrogens is 407 g/mol. The number of rotatable bonds is 4. The van der Waals surface area contributed by atoms with E-state index in [4.69, 9.17) is 28.3 Å². The van der Waals surface area contributed by atoms with Crippen LogP contribution in [0.5, 0.6) is 0 Å². The minimum atomic E-state index is -1.27. The topological polar surface area (TPSA) is 113 Å². The van der Waals surface area contributed by atoms with Crippen molar-refractivity contribution in [1.29, 1.82) is 0 Å². The van der Waals surface area contributed by atoms with E-state index in [1.807, 2.05) is 0 Å². The number of fused-ring (bicyclic) bond motifs is 1. The molecule has 0 saturated carbocycles. The summed E-state index contributed by atoms with van der Waals surface area (Å²) in [5.41, 5.74) is 0.685. The Morgan fingerprint density at radius 1 is 1.18 bits per heavy atom. The van der Waals surface area contributed by atoms with Crippen molar-refractivity contribution in [3.05, 3.63) is 57.8 Å². The van der Waals surface area contributed by atoms with E-state index in [-0.39, 0.29) is 32.9 Å². The van der Waals surface area contributed by atoms with E-state index < -0.39 is 12.0 Å². The lowest BCUT2D eigenvalue weighted by molar-refractivity contribution is 0.0947. The summed E-state index contributed by atoms with van der Waals surface area (Å²) in [4.78, 5) is 39.9. The first-order valence-electron chi connectivity index (χ1n) is 8.11. The number of benzene rings is 1. The van der Waals surface area contributed by atoms with Crippen molar-refractivity contribution in [2.24, 2.45) is 0 Å². The highest BCUT2D eigenvalue weighted by Gasteiger charge is 2.21. The molecule has 0 fully saturated rings. The highest BCUT2D eigenvalue weighted by Crippen LogP contribution is 2.30. The summed E-state index contributed by atoms with van der Waals surface area (Å²) >= 11 is 12.5. The number of carbonyl (C=O) groups is 3. The highest BCUT2D eigenvalue weighted by atomic mass is 35.5. The van der Waals surface area contributed by atoms with E-state index in [0.717, 1.165) is 0 Å². The van der Waals surface area contributed by atoms with E-state index >= 15 is 0 Å². The van der Waals surface area contributed by atoms with Gasteiger partial charge in [-0.25, -0.2) is 9.78 Å². The fraction of sp³-hybridized carbons (Fsp3) is 0.111. The van der Waals surface area contributed by atoms with Crippen LogP contribution in [0.15, 0.2) is 36.7 Å². The van der Waals surface area contributed by atoms with Crippen molar-refractivity contribution in [1.82, 2.24) is 14.9 Å². The molecule has 8 nitrogen and oxygen atoms in total. The molecule has 0 spiro atoms. The largest absolute Gasteiger partial charge is 0.465 e. The standard InChI is InChI=1S/C18H14Cl2N4O4/c1-2-21-16(25)9-7-11(19)14(12(20)8-9)17(26)24-6-4-10-13(24)3-5-22-15(10)23-18(27)28/h3-8H,2H2,1H3,(H,21,25)(H,22,23)(H,27,28). The number of pyridine rings is 1. The normalized spacial score (nSPS) is 10.7. The summed E-state index contributed by atoms with van der Waals surface area (Å²) in [7, 11) is 0. The third-order valence-corrected chi connectivity index (χ3v) is 4.51. The molecule has 0 radical (unpaired) electrons. The first-order valence-corrected chi connectivity index (χ1v) is 8.87. The maximum Gasteiger partial charge on any atom is 0.410 e. The van der Waals surface area contributed by atoms with Gasteiger partial charge in [0.1, 0.15) is 5.82 Å². The Morgan fingerprint density at radius 3 is 2.46 bits per heavy atom. The molecule has 0 aliphatic heterocycles. The lowest BCUT2D eigenvalue weighted by Gasteiger charge is -2.11. The maximum absolute atomic E-state index is 13.0. The van der Waals surface area contributed by atoms with Crippen LogP contribution in [0.3, 0.4) is 0 Å². The minimum absolute atomic E-state index is 0.0263. The summed E-state index contributed by atoms with van der Waals surface area (Å²) in [5.74, 6) is -0.785. The van der Waals surface area contributed by atoms with Crippen LogP contribution in [0.1, 0.15) is 27.6 Å². The molecule has 1 aromatic carbocycles. The number of anilines is 1. The number of carboxylic acid groups (broad SMARTS) is 1. The average Bonchev–Trinajstić information content (AvgIpc) is 3.06. The third kappa shape index (κ3) is 3.64. The summed E-state index contributed by atoms with van der Waals surface area (Å²) < 4.78 is 1.28. The minimum Gasteiger partial charge on any atom is -0.465 e. The van der Waals surface area contributed by atoms with Crippen LogP contribution in [-0.4, -0.2) is 39.1 Å². The van der Waals surface area contributed by atoms with Crippen LogP contribution < -0.4 is 10.6 Å². The lowest BCUT2D eigenvalue weighted by atomic mass is 10.1. The Morgan fingerprint density at radius 2 is 1.86 bits per heavy atom. The molecule has 0 aliphatic carbocycles. The number of amides is 2. The quantitative estimate of drug-likeness (QED) is 0.592. The van der Waals surface area contributed by atoms with E-state index in [1.54, 1.807) is 19.1 Å². The Balaban J connectivity index is 2.05. The zero-order valence-electron chi connectivity index (χ0n) is 14.5. The fourth-order valence-electron chi connectivity index (χ4n) is 2.74. The molecule has 0 atom stereocenters. The second kappa shape index (κ2) is 7.87. The van der Waals surface area contributed by atoms with E-state index in [9.17, 15) is 14.4 Å². The predicted octanol–water partition coefficient (Wildman–Crippen LogP) is 3.87. The van der Waals surface area contributed by atoms with Crippen molar-refractivity contribution in [2.75, 3.05) is 11.9 Å². The van der Waals surface area contributed by atoms with Gasteiger partial charge in [0.05, 0.1) is 21.1 Å². The highest BCUT2D eigenvalue weighted by molar-refractivity contribution is 6.40. The number of halogens is 2. The molecule has 2 heterocycles. The summed E-state index contributed by atoms with van der Waals surface area (Å²) in [5, 5.41) is 14.2. The van der Waals surface area contributed by atoms with Crippen molar-refractivity contribution in [2.45, 2.75) is 6.92 Å². The van der Waals surface area contributed by atoms with E-state index in [0.29, 0.717) is 17.4 Å². The van der Waals surface area contributed by atoms with Crippen LogP contribution in [-0.2, 0) is 0 Å². The molecule has 28 heavy (non-hydrogen) atoms. The number of aromatic nitrogens is 2. The molecule has 144 valence electrons.